The van der Waals surface area contributed by atoms with Gasteiger partial charge in [0.05, 0.1) is 12.0 Å². The lowest BCUT2D eigenvalue weighted by Crippen LogP contribution is -2.40. The van der Waals surface area contributed by atoms with Crippen LogP contribution in [0.1, 0.15) is 31.9 Å². The predicted molar refractivity (Wildman–Crippen MR) is 172 cm³/mol. The van der Waals surface area contributed by atoms with Gasteiger partial charge in [0.25, 0.3) is 0 Å². The van der Waals surface area contributed by atoms with Crippen LogP contribution in [-0.2, 0) is 21.2 Å². The van der Waals surface area contributed by atoms with E-state index >= 15 is 0 Å². The summed E-state index contributed by atoms with van der Waals surface area (Å²) < 4.78 is 34.2. The summed E-state index contributed by atoms with van der Waals surface area (Å²) in [6.45, 7) is 5.38. The maximum atomic E-state index is 13.6. The molecule has 0 unspecified atom stereocenters. The molecule has 4 aromatic rings. The summed E-state index contributed by atoms with van der Waals surface area (Å²) in [6, 6.07) is 27.7. The number of sulfonamides is 1. The summed E-state index contributed by atoms with van der Waals surface area (Å²) in [6.07, 6.45) is 0.379. The summed E-state index contributed by atoms with van der Waals surface area (Å²) in [7, 11) is -2.17. The van der Waals surface area contributed by atoms with E-state index in [-0.39, 0.29) is 16.6 Å². The van der Waals surface area contributed by atoms with Crippen molar-refractivity contribution in [2.24, 2.45) is 5.73 Å². The van der Waals surface area contributed by atoms with E-state index < -0.39 is 21.6 Å². The van der Waals surface area contributed by atoms with Crippen molar-refractivity contribution in [1.82, 2.24) is 4.72 Å². The van der Waals surface area contributed by atoms with Crippen LogP contribution >= 0.6 is 0 Å². The molecule has 224 valence electrons. The molecule has 1 atom stereocenters. The van der Waals surface area contributed by atoms with Crippen LogP contribution in [0.4, 0.5) is 11.4 Å². The first-order chi connectivity index (χ1) is 20.3. The second-order valence-corrected chi connectivity index (χ2v) is 12.8. The van der Waals surface area contributed by atoms with E-state index in [0.29, 0.717) is 34.5 Å². The van der Waals surface area contributed by atoms with Crippen molar-refractivity contribution >= 4 is 33.1 Å². The first-order valence-electron chi connectivity index (χ1n) is 13.7. The molecule has 1 amide bonds. The highest BCUT2D eigenvalue weighted by atomic mass is 32.2. The van der Waals surface area contributed by atoms with Gasteiger partial charge in [-0.3, -0.25) is 10.2 Å². The molecule has 0 aliphatic heterocycles. The Hall–Kier alpha value is -4.67. The number of amides is 1. The van der Waals surface area contributed by atoms with E-state index in [2.05, 4.69) is 15.4 Å². The predicted octanol–water partition coefficient (Wildman–Crippen LogP) is 5.38. The zero-order chi connectivity index (χ0) is 31.2. The minimum absolute atomic E-state index is 0.0662. The molecule has 10 heteroatoms. The van der Waals surface area contributed by atoms with Crippen molar-refractivity contribution in [3.8, 4) is 16.9 Å². The maximum Gasteiger partial charge on any atom is 0.247 e. The molecular formula is C33H37N5O4S. The molecule has 0 saturated carbocycles. The fourth-order valence-corrected chi connectivity index (χ4v) is 6.19. The lowest BCUT2D eigenvalue weighted by molar-refractivity contribution is -0.116. The molecule has 0 heterocycles. The second kappa shape index (κ2) is 13.1. The Morgan fingerprint density at radius 1 is 0.907 bits per heavy atom. The van der Waals surface area contributed by atoms with Gasteiger partial charge in [-0.2, -0.15) is 0 Å². The molecule has 4 aromatic carbocycles. The topological polar surface area (TPSA) is 146 Å². The number of hydrogen-bond acceptors (Lipinski definition) is 6. The van der Waals surface area contributed by atoms with Crippen LogP contribution in [0.15, 0.2) is 102 Å². The van der Waals surface area contributed by atoms with E-state index in [9.17, 15) is 13.2 Å². The fraction of sp³-hybridized carbons (Fsp3) is 0.212. The molecule has 0 radical (unpaired) electrons. The van der Waals surface area contributed by atoms with Crippen molar-refractivity contribution in [3.63, 3.8) is 0 Å². The number of hydrogen-bond donors (Lipinski definition) is 5. The highest BCUT2D eigenvalue weighted by Crippen LogP contribution is 2.29. The quantitative estimate of drug-likeness (QED) is 0.115. The first-order valence-corrected chi connectivity index (χ1v) is 15.2. The second-order valence-electron chi connectivity index (χ2n) is 11.2. The standard InChI is InChI=1S/C33H37N5O4S/c1-33(2,3)38-43(40,41)30-11-6-5-10-28(30)23-14-16-25(17-15-23)37-32(39)29(20-22-12-18-27(42-4)19-13-22)36-26-9-7-8-24(21-26)31(34)35/h5-19,21,29,36,38H,20H2,1-4H3,(H3,34,35)(H,37,39)/t29-/m0/s1. The van der Waals surface area contributed by atoms with Gasteiger partial charge in [0.2, 0.25) is 15.9 Å². The zero-order valence-corrected chi connectivity index (χ0v) is 25.5. The summed E-state index contributed by atoms with van der Waals surface area (Å²) >= 11 is 0. The third kappa shape index (κ3) is 8.43. The van der Waals surface area contributed by atoms with Gasteiger partial charge in [-0.1, -0.05) is 54.6 Å². The lowest BCUT2D eigenvalue weighted by Gasteiger charge is -2.22. The molecule has 0 saturated heterocycles. The number of methoxy groups -OCH3 is 1. The van der Waals surface area contributed by atoms with Crippen LogP contribution < -0.4 is 25.8 Å². The highest BCUT2D eigenvalue weighted by Gasteiger charge is 2.25. The average molecular weight is 600 g/mol. The highest BCUT2D eigenvalue weighted by molar-refractivity contribution is 7.89. The van der Waals surface area contributed by atoms with Gasteiger partial charge in [-0.05, 0) is 74.4 Å². The summed E-state index contributed by atoms with van der Waals surface area (Å²) in [4.78, 5) is 13.8. The Labute approximate surface area is 253 Å². The molecule has 0 aliphatic rings. The number of rotatable bonds is 11. The van der Waals surface area contributed by atoms with E-state index in [1.54, 1.807) is 94.6 Å². The van der Waals surface area contributed by atoms with Gasteiger partial charge in [0.1, 0.15) is 17.6 Å². The van der Waals surface area contributed by atoms with Crippen molar-refractivity contribution in [1.29, 1.82) is 5.41 Å². The monoisotopic (exact) mass is 599 g/mol. The molecule has 43 heavy (non-hydrogen) atoms. The number of ether oxygens (including phenoxy) is 1. The molecule has 0 bridgehead atoms. The smallest absolute Gasteiger partial charge is 0.247 e. The van der Waals surface area contributed by atoms with E-state index in [0.717, 1.165) is 11.3 Å². The van der Waals surface area contributed by atoms with Gasteiger partial charge >= 0.3 is 0 Å². The Kier molecular flexibility index (Phi) is 9.53. The SMILES string of the molecule is COc1ccc(C[C@H](Nc2cccc(C(=N)N)c2)C(=O)Nc2ccc(-c3ccccc3S(=O)(=O)NC(C)(C)C)cc2)cc1. The van der Waals surface area contributed by atoms with Crippen LogP contribution in [0.25, 0.3) is 11.1 Å². The number of benzene rings is 4. The van der Waals surface area contributed by atoms with Gasteiger partial charge < -0.3 is 21.1 Å². The Morgan fingerprint density at radius 3 is 2.21 bits per heavy atom. The molecule has 0 fully saturated rings. The van der Waals surface area contributed by atoms with Crippen molar-refractivity contribution in [2.75, 3.05) is 17.7 Å². The van der Waals surface area contributed by atoms with Gasteiger partial charge in [-0.25, -0.2) is 13.1 Å². The minimum Gasteiger partial charge on any atom is -0.497 e. The van der Waals surface area contributed by atoms with Gasteiger partial charge in [-0.15, -0.1) is 0 Å². The molecule has 0 spiro atoms. The average Bonchev–Trinajstić information content (AvgIpc) is 2.96. The third-order valence-corrected chi connectivity index (χ3v) is 8.33. The molecule has 9 nitrogen and oxygen atoms in total. The van der Waals surface area contributed by atoms with E-state index in [1.165, 1.54) is 0 Å². The van der Waals surface area contributed by atoms with E-state index in [4.69, 9.17) is 15.9 Å². The number of nitrogen functional groups attached to an aromatic ring is 1. The van der Waals surface area contributed by atoms with Gasteiger partial charge in [0.15, 0.2) is 0 Å². The summed E-state index contributed by atoms with van der Waals surface area (Å²) in [5, 5.41) is 14.0. The Bertz CT molecular complexity index is 1700. The lowest BCUT2D eigenvalue weighted by atomic mass is 10.0. The number of nitrogens with two attached hydrogens (primary N) is 1. The molecule has 0 aromatic heterocycles. The van der Waals surface area contributed by atoms with Gasteiger partial charge in [0, 0.05) is 34.5 Å². The maximum absolute atomic E-state index is 13.6. The Balaban J connectivity index is 1.57. The summed E-state index contributed by atoms with van der Waals surface area (Å²) in [5.41, 5.74) is 8.96. The molecular weight excluding hydrogens is 562 g/mol. The van der Waals surface area contributed by atoms with Crippen LogP contribution in [-0.4, -0.2) is 38.9 Å². The zero-order valence-electron chi connectivity index (χ0n) is 24.6. The van der Waals surface area contributed by atoms with Crippen molar-refractivity contribution < 1.29 is 17.9 Å². The van der Waals surface area contributed by atoms with Crippen LogP contribution in [0.2, 0.25) is 0 Å². The van der Waals surface area contributed by atoms with E-state index in [1.807, 2.05) is 30.3 Å². The van der Waals surface area contributed by atoms with Crippen LogP contribution in [0, 0.1) is 5.41 Å². The number of carbonyl (C=O) groups is 1. The number of amidine groups is 1. The van der Waals surface area contributed by atoms with Crippen molar-refractivity contribution in [2.45, 2.75) is 43.7 Å². The summed E-state index contributed by atoms with van der Waals surface area (Å²) in [5.74, 6) is 0.383. The Morgan fingerprint density at radius 2 is 1.58 bits per heavy atom. The van der Waals surface area contributed by atoms with Crippen LogP contribution in [0.3, 0.4) is 0 Å². The largest absolute Gasteiger partial charge is 0.497 e. The number of nitrogens with one attached hydrogen (secondary N) is 4. The first kappa shape index (κ1) is 31.3. The van der Waals surface area contributed by atoms with Crippen LogP contribution in [0.5, 0.6) is 5.75 Å². The fourth-order valence-electron chi connectivity index (χ4n) is 4.54. The minimum atomic E-state index is -3.77. The molecule has 4 rings (SSSR count). The molecule has 0 aliphatic carbocycles. The normalized spacial score (nSPS) is 12.3. The van der Waals surface area contributed by atoms with Crippen molar-refractivity contribution in [3.05, 3.63) is 108 Å². The third-order valence-electron chi connectivity index (χ3n) is 6.51. The number of anilines is 2. The molecule has 6 N–H and O–H groups in total. The number of carbonyl (C=O) groups excluding carboxylic acids is 1.